The number of hydrogen-bond acceptors (Lipinski definition) is 6. The highest BCUT2D eigenvalue weighted by atomic mass is 19.1. The van der Waals surface area contributed by atoms with E-state index in [4.69, 9.17) is 14.2 Å². The number of likely N-dealkylation sites (N-methyl/N-ethyl adjacent to an activating group) is 1. The number of esters is 1. The molecule has 0 N–H and O–H groups in total. The van der Waals surface area contributed by atoms with Crippen LogP contribution in [-0.2, 0) is 32.3 Å². The Morgan fingerprint density at radius 1 is 1.26 bits per heavy atom. The average molecular weight is 426 g/mol. The van der Waals surface area contributed by atoms with Crippen LogP contribution in [0.2, 0.25) is 0 Å². The summed E-state index contributed by atoms with van der Waals surface area (Å²) in [5.41, 5.74) is 0.0148. The smallest absolute Gasteiger partial charge is 0.354 e. The number of rotatable bonds is 3. The van der Waals surface area contributed by atoms with Crippen molar-refractivity contribution in [2.45, 2.75) is 31.7 Å². The Morgan fingerprint density at radius 2 is 2.06 bits per heavy atom. The largest absolute Gasteiger partial charge is 0.467 e. The second kappa shape index (κ2) is 7.05. The standard InChI is InChI=1S/C22H19FN2O6/c1-24-20(27)16-4-2-3-5-17(16)25-18(26)6-7-22(24,25)21(28)30-11-14-9-15(23)8-13-10-29-12-31-19(13)14/h2-5,8-9H,6-7,10-12H2,1H3/t22-/m1/s1. The van der Waals surface area contributed by atoms with Gasteiger partial charge in [0.25, 0.3) is 5.91 Å². The van der Waals surface area contributed by atoms with E-state index >= 15 is 0 Å². The highest BCUT2D eigenvalue weighted by molar-refractivity contribution is 6.15. The van der Waals surface area contributed by atoms with E-state index in [1.54, 1.807) is 24.3 Å². The molecule has 9 heteroatoms. The Bertz CT molecular complexity index is 1120. The quantitative estimate of drug-likeness (QED) is 0.701. The Morgan fingerprint density at radius 3 is 2.90 bits per heavy atom. The lowest BCUT2D eigenvalue weighted by Crippen LogP contribution is -2.67. The predicted octanol–water partition coefficient (Wildman–Crippen LogP) is 2.34. The van der Waals surface area contributed by atoms with Crippen LogP contribution >= 0.6 is 0 Å². The van der Waals surface area contributed by atoms with Crippen LogP contribution in [0.1, 0.15) is 34.3 Å². The molecule has 160 valence electrons. The molecule has 2 amide bonds. The van der Waals surface area contributed by atoms with Crippen LogP contribution in [0.5, 0.6) is 5.75 Å². The number of para-hydroxylation sites is 1. The molecule has 0 saturated carbocycles. The first-order valence-electron chi connectivity index (χ1n) is 9.83. The second-order valence-corrected chi connectivity index (χ2v) is 7.67. The van der Waals surface area contributed by atoms with Gasteiger partial charge in [-0.3, -0.25) is 14.5 Å². The molecular weight excluding hydrogens is 407 g/mol. The Hall–Kier alpha value is -3.46. The molecule has 8 nitrogen and oxygen atoms in total. The van der Waals surface area contributed by atoms with Gasteiger partial charge in [-0.15, -0.1) is 0 Å². The number of ether oxygens (including phenoxy) is 3. The van der Waals surface area contributed by atoms with Crippen molar-refractivity contribution < 1.29 is 33.0 Å². The fourth-order valence-electron chi connectivity index (χ4n) is 4.51. The van der Waals surface area contributed by atoms with Gasteiger partial charge in [-0.25, -0.2) is 9.18 Å². The van der Waals surface area contributed by atoms with Gasteiger partial charge >= 0.3 is 5.97 Å². The molecular formula is C22H19FN2O6. The van der Waals surface area contributed by atoms with Crippen molar-refractivity contribution in [3.05, 3.63) is 58.9 Å². The molecule has 1 saturated heterocycles. The third-order valence-corrected chi connectivity index (χ3v) is 5.98. The van der Waals surface area contributed by atoms with Gasteiger partial charge in [0.1, 0.15) is 18.2 Å². The molecule has 2 aromatic carbocycles. The summed E-state index contributed by atoms with van der Waals surface area (Å²) >= 11 is 0. The predicted molar refractivity (Wildman–Crippen MR) is 104 cm³/mol. The first kappa shape index (κ1) is 19.5. The van der Waals surface area contributed by atoms with Crippen LogP contribution in [0.4, 0.5) is 10.1 Å². The topological polar surface area (TPSA) is 85.4 Å². The zero-order valence-corrected chi connectivity index (χ0v) is 16.7. The first-order chi connectivity index (χ1) is 14.9. The van der Waals surface area contributed by atoms with Gasteiger partial charge in [0.15, 0.2) is 6.79 Å². The van der Waals surface area contributed by atoms with Crippen molar-refractivity contribution in [3.8, 4) is 5.75 Å². The molecule has 0 radical (unpaired) electrons. The molecule has 3 heterocycles. The number of carbonyl (C=O) groups is 3. The van der Waals surface area contributed by atoms with Crippen LogP contribution in [0.15, 0.2) is 36.4 Å². The summed E-state index contributed by atoms with van der Waals surface area (Å²) in [4.78, 5) is 41.7. The number of halogens is 1. The van der Waals surface area contributed by atoms with Gasteiger partial charge in [0.05, 0.1) is 17.9 Å². The van der Waals surface area contributed by atoms with Crippen LogP contribution in [0.3, 0.4) is 0 Å². The van der Waals surface area contributed by atoms with E-state index in [0.29, 0.717) is 28.1 Å². The minimum Gasteiger partial charge on any atom is -0.467 e. The molecule has 31 heavy (non-hydrogen) atoms. The minimum atomic E-state index is -1.58. The van der Waals surface area contributed by atoms with Crippen LogP contribution in [0, 0.1) is 5.82 Å². The van der Waals surface area contributed by atoms with Gasteiger partial charge in [0, 0.05) is 31.0 Å². The minimum absolute atomic E-state index is 0.0137. The van der Waals surface area contributed by atoms with E-state index in [9.17, 15) is 18.8 Å². The summed E-state index contributed by atoms with van der Waals surface area (Å²) in [5, 5.41) is 0. The molecule has 0 bridgehead atoms. The molecule has 0 aliphatic carbocycles. The van der Waals surface area contributed by atoms with Crippen molar-refractivity contribution >= 4 is 23.5 Å². The summed E-state index contributed by atoms with van der Waals surface area (Å²) in [6.07, 6.45) is 0.198. The Kier molecular flexibility index (Phi) is 4.44. The van der Waals surface area contributed by atoms with Gasteiger partial charge in [0.2, 0.25) is 11.6 Å². The lowest BCUT2D eigenvalue weighted by atomic mass is 9.97. The molecule has 3 aliphatic rings. The average Bonchev–Trinajstić information content (AvgIpc) is 3.14. The molecule has 3 aliphatic heterocycles. The number of benzene rings is 2. The first-order valence-corrected chi connectivity index (χ1v) is 9.83. The molecule has 5 rings (SSSR count). The van der Waals surface area contributed by atoms with Crippen molar-refractivity contribution in [1.82, 2.24) is 4.90 Å². The normalized spacial score (nSPS) is 21.9. The zero-order chi connectivity index (χ0) is 21.8. The van der Waals surface area contributed by atoms with Crippen molar-refractivity contribution in [2.24, 2.45) is 0 Å². The fourth-order valence-corrected chi connectivity index (χ4v) is 4.51. The number of fused-ring (bicyclic) bond motifs is 4. The molecule has 0 aromatic heterocycles. The molecule has 1 fully saturated rings. The second-order valence-electron chi connectivity index (χ2n) is 7.67. The van der Waals surface area contributed by atoms with Gasteiger partial charge < -0.3 is 19.1 Å². The summed E-state index contributed by atoms with van der Waals surface area (Å²) in [6.45, 7) is -0.0690. The summed E-state index contributed by atoms with van der Waals surface area (Å²) in [7, 11) is 1.48. The number of nitrogens with zero attached hydrogens (tertiary/aromatic N) is 2. The summed E-state index contributed by atoms with van der Waals surface area (Å²) in [5.74, 6) is -1.49. The summed E-state index contributed by atoms with van der Waals surface area (Å²) in [6, 6.07) is 9.21. The lowest BCUT2D eigenvalue weighted by molar-refractivity contribution is -0.158. The van der Waals surface area contributed by atoms with Gasteiger partial charge in [-0.05, 0) is 24.3 Å². The highest BCUT2D eigenvalue weighted by Crippen LogP contribution is 2.44. The van der Waals surface area contributed by atoms with Gasteiger partial charge in [-0.2, -0.15) is 0 Å². The maximum Gasteiger partial charge on any atom is 0.354 e. The maximum absolute atomic E-state index is 14.0. The molecule has 0 spiro atoms. The Labute approximate surface area is 177 Å². The van der Waals surface area contributed by atoms with Gasteiger partial charge in [-0.1, -0.05) is 12.1 Å². The van der Waals surface area contributed by atoms with Crippen LogP contribution < -0.4 is 9.64 Å². The third kappa shape index (κ3) is 2.80. The van der Waals surface area contributed by atoms with Crippen molar-refractivity contribution in [3.63, 3.8) is 0 Å². The van der Waals surface area contributed by atoms with E-state index in [0.717, 1.165) is 0 Å². The van der Waals surface area contributed by atoms with E-state index in [2.05, 4.69) is 0 Å². The molecule has 0 unspecified atom stereocenters. The number of anilines is 1. The van der Waals surface area contributed by atoms with E-state index < -0.39 is 17.4 Å². The zero-order valence-electron chi connectivity index (χ0n) is 16.7. The Balaban J connectivity index is 1.49. The highest BCUT2D eigenvalue weighted by Gasteiger charge is 2.60. The van der Waals surface area contributed by atoms with E-state index in [1.165, 1.54) is 29.0 Å². The van der Waals surface area contributed by atoms with Crippen molar-refractivity contribution in [2.75, 3.05) is 18.7 Å². The lowest BCUT2D eigenvalue weighted by Gasteiger charge is -2.46. The van der Waals surface area contributed by atoms with Crippen LogP contribution in [-0.4, -0.2) is 42.2 Å². The van der Waals surface area contributed by atoms with E-state index in [-0.39, 0.29) is 44.7 Å². The maximum atomic E-state index is 14.0. The number of amides is 2. The number of hydrogen-bond donors (Lipinski definition) is 0. The van der Waals surface area contributed by atoms with E-state index in [1.807, 2.05) is 0 Å². The summed E-state index contributed by atoms with van der Waals surface area (Å²) < 4.78 is 30.2. The monoisotopic (exact) mass is 426 g/mol. The number of carbonyl (C=O) groups excluding carboxylic acids is 3. The molecule has 1 atom stereocenters. The molecule has 2 aromatic rings. The SMILES string of the molecule is CN1C(=O)c2ccccc2N2C(=O)CC[C@@]12C(=O)OCc1cc(F)cc2c1OCOC2. The fraction of sp³-hybridized carbons (Fsp3) is 0.318. The third-order valence-electron chi connectivity index (χ3n) is 5.98. The van der Waals surface area contributed by atoms with Crippen molar-refractivity contribution in [1.29, 1.82) is 0 Å². The van der Waals surface area contributed by atoms with Crippen LogP contribution in [0.25, 0.3) is 0 Å².